The molecule has 0 aromatic rings. The molecule has 118 valence electrons. The van der Waals surface area contributed by atoms with Gasteiger partial charge in [0.2, 0.25) is 0 Å². The van der Waals surface area contributed by atoms with Crippen LogP contribution in [0.4, 0.5) is 0 Å². The molecule has 0 amide bonds. The maximum absolute atomic E-state index is 3.80. The molecule has 20 heavy (non-hydrogen) atoms. The monoisotopic (exact) mass is 279 g/mol. The Morgan fingerprint density at radius 1 is 1.10 bits per heavy atom. The summed E-state index contributed by atoms with van der Waals surface area (Å²) in [5, 5.41) is 3.80. The standard InChI is InChI=1S/C19H37N/c1-5-6-9-16(18-12-8-13-20-18)14-17(19(2,3)4)15-10-7-11-15/h15-18,20H,5-14H2,1-4H3/t16?,17-,18?/m0/s1. The lowest BCUT2D eigenvalue weighted by atomic mass is 9.62. The van der Waals surface area contributed by atoms with E-state index in [9.17, 15) is 0 Å². The molecule has 2 aliphatic rings. The Balaban J connectivity index is 1.98. The Bertz CT molecular complexity index is 268. The summed E-state index contributed by atoms with van der Waals surface area (Å²) in [4.78, 5) is 0. The van der Waals surface area contributed by atoms with Crippen molar-refractivity contribution >= 4 is 0 Å². The maximum atomic E-state index is 3.80. The van der Waals surface area contributed by atoms with Crippen molar-refractivity contribution in [3.63, 3.8) is 0 Å². The highest BCUT2D eigenvalue weighted by Gasteiger charge is 2.38. The van der Waals surface area contributed by atoms with E-state index in [1.165, 1.54) is 64.3 Å². The predicted octanol–water partition coefficient (Wildman–Crippen LogP) is 5.40. The highest BCUT2D eigenvalue weighted by atomic mass is 14.9. The number of nitrogens with one attached hydrogen (secondary N) is 1. The Morgan fingerprint density at radius 3 is 2.30 bits per heavy atom. The lowest BCUT2D eigenvalue weighted by Crippen LogP contribution is -2.38. The molecule has 1 heterocycles. The van der Waals surface area contributed by atoms with Crippen molar-refractivity contribution in [1.29, 1.82) is 0 Å². The van der Waals surface area contributed by atoms with Gasteiger partial charge in [-0.25, -0.2) is 0 Å². The lowest BCUT2D eigenvalue weighted by Gasteiger charge is -2.44. The van der Waals surface area contributed by atoms with E-state index in [-0.39, 0.29) is 0 Å². The van der Waals surface area contributed by atoms with Crippen LogP contribution < -0.4 is 5.32 Å². The van der Waals surface area contributed by atoms with Crippen molar-refractivity contribution in [3.05, 3.63) is 0 Å². The minimum atomic E-state index is 0.494. The van der Waals surface area contributed by atoms with Crippen LogP contribution >= 0.6 is 0 Å². The van der Waals surface area contributed by atoms with Gasteiger partial charge < -0.3 is 5.32 Å². The summed E-state index contributed by atoms with van der Waals surface area (Å²) in [5.74, 6) is 2.91. The van der Waals surface area contributed by atoms with Gasteiger partial charge in [-0.3, -0.25) is 0 Å². The Kier molecular flexibility index (Phi) is 5.95. The number of unbranched alkanes of at least 4 members (excludes halogenated alkanes) is 1. The molecule has 1 saturated carbocycles. The first-order valence-corrected chi connectivity index (χ1v) is 9.25. The average molecular weight is 280 g/mol. The molecule has 2 rings (SSSR count). The lowest BCUT2D eigenvalue weighted by molar-refractivity contribution is 0.0650. The molecule has 3 atom stereocenters. The van der Waals surface area contributed by atoms with Crippen LogP contribution in [0.1, 0.15) is 85.5 Å². The van der Waals surface area contributed by atoms with Crippen molar-refractivity contribution in [2.75, 3.05) is 6.54 Å². The van der Waals surface area contributed by atoms with Crippen LogP contribution in [0.5, 0.6) is 0 Å². The third-order valence-corrected chi connectivity index (χ3v) is 5.98. The van der Waals surface area contributed by atoms with Crippen LogP contribution in [0, 0.1) is 23.2 Å². The molecule has 1 nitrogen and oxygen atoms in total. The highest BCUT2D eigenvalue weighted by Crippen LogP contribution is 2.46. The summed E-state index contributed by atoms with van der Waals surface area (Å²) in [6.45, 7) is 11.0. The van der Waals surface area contributed by atoms with Crippen LogP contribution in [0.3, 0.4) is 0 Å². The SMILES string of the molecule is CCCCC(C[C@@H](C1CCC1)C(C)(C)C)C1CCCN1. The quantitative estimate of drug-likeness (QED) is 0.658. The van der Waals surface area contributed by atoms with E-state index >= 15 is 0 Å². The van der Waals surface area contributed by atoms with E-state index < -0.39 is 0 Å². The second kappa shape index (κ2) is 7.29. The molecule has 1 heteroatoms. The van der Waals surface area contributed by atoms with Crippen molar-refractivity contribution in [2.24, 2.45) is 23.2 Å². The van der Waals surface area contributed by atoms with Gasteiger partial charge in [-0.2, -0.15) is 0 Å². The normalized spacial score (nSPS) is 27.3. The van der Waals surface area contributed by atoms with E-state index in [1.807, 2.05) is 0 Å². The van der Waals surface area contributed by atoms with Gasteiger partial charge in [0.15, 0.2) is 0 Å². The van der Waals surface area contributed by atoms with Crippen molar-refractivity contribution in [1.82, 2.24) is 5.32 Å². The second-order valence-electron chi connectivity index (χ2n) is 8.50. The molecule has 1 aliphatic heterocycles. The first-order valence-electron chi connectivity index (χ1n) is 9.25. The van der Waals surface area contributed by atoms with Gasteiger partial charge in [0.1, 0.15) is 0 Å². The summed E-state index contributed by atoms with van der Waals surface area (Å²) in [5.41, 5.74) is 0.494. The van der Waals surface area contributed by atoms with E-state index in [1.54, 1.807) is 0 Å². The van der Waals surface area contributed by atoms with Gasteiger partial charge in [-0.05, 0) is 55.4 Å². The maximum Gasteiger partial charge on any atom is 0.00959 e. The Labute approximate surface area is 127 Å². The fourth-order valence-corrected chi connectivity index (χ4v) is 4.48. The van der Waals surface area contributed by atoms with Crippen molar-refractivity contribution in [3.8, 4) is 0 Å². The second-order valence-corrected chi connectivity index (χ2v) is 8.50. The third kappa shape index (κ3) is 4.23. The minimum Gasteiger partial charge on any atom is -0.314 e. The summed E-state index contributed by atoms with van der Waals surface area (Å²) in [6.07, 6.45) is 13.0. The van der Waals surface area contributed by atoms with E-state index in [4.69, 9.17) is 0 Å². The van der Waals surface area contributed by atoms with E-state index in [0.29, 0.717) is 5.41 Å². The molecule has 0 spiro atoms. The topological polar surface area (TPSA) is 12.0 Å². The smallest absolute Gasteiger partial charge is 0.00959 e. The minimum absolute atomic E-state index is 0.494. The molecule has 1 N–H and O–H groups in total. The molecular formula is C19H37N. The molecule has 0 aromatic carbocycles. The summed E-state index contributed by atoms with van der Waals surface area (Å²) in [7, 11) is 0. The number of rotatable bonds is 7. The molecule has 2 unspecified atom stereocenters. The zero-order chi connectivity index (χ0) is 14.6. The van der Waals surface area contributed by atoms with Crippen LogP contribution in [0.2, 0.25) is 0 Å². The average Bonchev–Trinajstić information content (AvgIpc) is 2.82. The van der Waals surface area contributed by atoms with E-state index in [0.717, 1.165) is 23.8 Å². The first kappa shape index (κ1) is 16.3. The van der Waals surface area contributed by atoms with Gasteiger partial charge in [0.05, 0.1) is 0 Å². The predicted molar refractivity (Wildman–Crippen MR) is 88.9 cm³/mol. The van der Waals surface area contributed by atoms with Gasteiger partial charge in [0.25, 0.3) is 0 Å². The van der Waals surface area contributed by atoms with Crippen LogP contribution in [-0.2, 0) is 0 Å². The zero-order valence-corrected chi connectivity index (χ0v) is 14.4. The Morgan fingerprint density at radius 2 is 1.85 bits per heavy atom. The molecule has 0 radical (unpaired) electrons. The number of hydrogen-bond donors (Lipinski definition) is 1. The molecule has 0 aromatic heterocycles. The highest BCUT2D eigenvalue weighted by molar-refractivity contribution is 4.90. The fourth-order valence-electron chi connectivity index (χ4n) is 4.48. The first-order chi connectivity index (χ1) is 9.52. The van der Waals surface area contributed by atoms with Gasteiger partial charge in [-0.1, -0.05) is 59.8 Å². The van der Waals surface area contributed by atoms with Crippen molar-refractivity contribution in [2.45, 2.75) is 91.5 Å². The molecule has 1 saturated heterocycles. The van der Waals surface area contributed by atoms with Gasteiger partial charge >= 0.3 is 0 Å². The van der Waals surface area contributed by atoms with Crippen LogP contribution in [0.25, 0.3) is 0 Å². The van der Waals surface area contributed by atoms with Gasteiger partial charge in [0, 0.05) is 6.04 Å². The molecule has 1 aliphatic carbocycles. The Hall–Kier alpha value is -0.0400. The molecular weight excluding hydrogens is 242 g/mol. The fraction of sp³-hybridized carbons (Fsp3) is 1.00. The summed E-state index contributed by atoms with van der Waals surface area (Å²) in [6, 6.07) is 0.825. The summed E-state index contributed by atoms with van der Waals surface area (Å²) >= 11 is 0. The van der Waals surface area contributed by atoms with E-state index in [2.05, 4.69) is 33.0 Å². The third-order valence-electron chi connectivity index (χ3n) is 5.98. The zero-order valence-electron chi connectivity index (χ0n) is 14.4. The van der Waals surface area contributed by atoms with Crippen LogP contribution in [0.15, 0.2) is 0 Å². The summed E-state index contributed by atoms with van der Waals surface area (Å²) < 4.78 is 0. The van der Waals surface area contributed by atoms with Gasteiger partial charge in [-0.15, -0.1) is 0 Å². The largest absolute Gasteiger partial charge is 0.314 e. The number of hydrogen-bond acceptors (Lipinski definition) is 1. The molecule has 2 fully saturated rings. The van der Waals surface area contributed by atoms with Crippen molar-refractivity contribution < 1.29 is 0 Å². The van der Waals surface area contributed by atoms with Crippen LogP contribution in [-0.4, -0.2) is 12.6 Å². The molecule has 0 bridgehead atoms.